The molecule has 0 N–H and O–H groups in total. The Morgan fingerprint density at radius 1 is 1.08 bits per heavy atom. The molecule has 9 nitrogen and oxygen atoms in total. The molecule has 10 heteroatoms. The van der Waals surface area contributed by atoms with E-state index in [-0.39, 0.29) is 23.9 Å². The quantitative estimate of drug-likeness (QED) is 0.700. The number of nitrogens with zero attached hydrogens (tertiary/aromatic N) is 4. The highest BCUT2D eigenvalue weighted by Crippen LogP contribution is 2.24. The molecule has 1 aromatic rings. The third-order valence-electron chi connectivity index (χ3n) is 4.62. The summed E-state index contributed by atoms with van der Waals surface area (Å²) in [5.41, 5.74) is 0.364. The van der Waals surface area contributed by atoms with E-state index in [1.54, 1.807) is 18.7 Å². The summed E-state index contributed by atoms with van der Waals surface area (Å²) in [4.78, 5) is 16.3. The molecule has 0 saturated carbocycles. The van der Waals surface area contributed by atoms with Gasteiger partial charge in [0, 0.05) is 39.3 Å². The molecule has 2 fully saturated rings. The first-order valence-corrected chi connectivity index (χ1v) is 9.84. The van der Waals surface area contributed by atoms with Crippen molar-refractivity contribution in [1.29, 1.82) is 0 Å². The van der Waals surface area contributed by atoms with Crippen molar-refractivity contribution in [2.45, 2.75) is 18.7 Å². The molecule has 0 aliphatic carbocycles. The van der Waals surface area contributed by atoms with Crippen molar-refractivity contribution in [3.8, 4) is 0 Å². The van der Waals surface area contributed by atoms with Gasteiger partial charge in [-0.3, -0.25) is 9.69 Å². The van der Waals surface area contributed by atoms with Crippen molar-refractivity contribution in [1.82, 2.24) is 19.3 Å². The highest BCUT2D eigenvalue weighted by atomic mass is 32.2. The summed E-state index contributed by atoms with van der Waals surface area (Å²) in [6.07, 6.45) is 0. The van der Waals surface area contributed by atoms with Crippen LogP contribution in [0.15, 0.2) is 9.42 Å². The number of aromatic nitrogens is 1. The molecule has 0 atom stereocenters. The molecule has 3 heterocycles. The first kappa shape index (κ1) is 18.3. The number of morpholine rings is 1. The van der Waals surface area contributed by atoms with E-state index in [1.807, 2.05) is 0 Å². The molecular weight excluding hydrogens is 348 g/mol. The molecule has 2 aliphatic rings. The van der Waals surface area contributed by atoms with E-state index in [2.05, 4.69) is 10.1 Å². The van der Waals surface area contributed by atoms with Gasteiger partial charge in [0.05, 0.1) is 19.8 Å². The Bertz CT molecular complexity index is 699. The predicted molar refractivity (Wildman–Crippen MR) is 88.6 cm³/mol. The molecule has 1 amide bonds. The maximum atomic E-state index is 12.8. The van der Waals surface area contributed by atoms with Crippen molar-refractivity contribution in [3.05, 3.63) is 11.5 Å². The van der Waals surface area contributed by atoms with Gasteiger partial charge in [0.2, 0.25) is 15.9 Å². The molecule has 2 aliphatic heterocycles. The second kappa shape index (κ2) is 7.40. The number of piperazine rings is 1. The Kier molecular flexibility index (Phi) is 5.42. The minimum Gasteiger partial charge on any atom is -0.379 e. The highest BCUT2D eigenvalue weighted by Gasteiger charge is 2.34. The summed E-state index contributed by atoms with van der Waals surface area (Å²) < 4.78 is 37.2. The SMILES string of the molecule is Cc1noc(C)c1S(=O)(=O)N1CCN(C(=O)CN2CCOCC2)CC1. The van der Waals surface area contributed by atoms with Crippen LogP contribution in [-0.2, 0) is 19.6 Å². The Balaban J connectivity index is 1.59. The van der Waals surface area contributed by atoms with E-state index in [1.165, 1.54) is 4.31 Å². The first-order valence-electron chi connectivity index (χ1n) is 8.40. The van der Waals surface area contributed by atoms with Crippen molar-refractivity contribution in [3.63, 3.8) is 0 Å². The summed E-state index contributed by atoms with van der Waals surface area (Å²) >= 11 is 0. The summed E-state index contributed by atoms with van der Waals surface area (Å²) in [6.45, 7) is 7.73. The second-order valence-electron chi connectivity index (χ2n) is 6.33. The lowest BCUT2D eigenvalue weighted by Gasteiger charge is -2.35. The molecule has 25 heavy (non-hydrogen) atoms. The van der Waals surface area contributed by atoms with Crippen LogP contribution in [0.1, 0.15) is 11.5 Å². The minimum atomic E-state index is -3.64. The molecule has 1 aromatic heterocycles. The van der Waals surface area contributed by atoms with Gasteiger partial charge in [0.25, 0.3) is 0 Å². The van der Waals surface area contributed by atoms with Crippen molar-refractivity contribution in [2.24, 2.45) is 0 Å². The molecule has 0 spiro atoms. The second-order valence-corrected chi connectivity index (χ2v) is 8.20. The third-order valence-corrected chi connectivity index (χ3v) is 6.76. The van der Waals surface area contributed by atoms with E-state index >= 15 is 0 Å². The zero-order chi connectivity index (χ0) is 18.0. The van der Waals surface area contributed by atoms with Gasteiger partial charge in [-0.2, -0.15) is 4.31 Å². The van der Waals surface area contributed by atoms with Crippen LogP contribution >= 0.6 is 0 Å². The maximum absolute atomic E-state index is 12.8. The van der Waals surface area contributed by atoms with Gasteiger partial charge in [-0.25, -0.2) is 8.42 Å². The molecule has 0 aromatic carbocycles. The summed E-state index contributed by atoms with van der Waals surface area (Å²) in [7, 11) is -3.64. The van der Waals surface area contributed by atoms with Crippen LogP contribution in [0.2, 0.25) is 0 Å². The van der Waals surface area contributed by atoms with E-state index in [0.29, 0.717) is 44.3 Å². The molecule has 2 saturated heterocycles. The van der Waals surface area contributed by atoms with E-state index in [4.69, 9.17) is 9.26 Å². The molecule has 140 valence electrons. The Morgan fingerprint density at radius 3 is 2.28 bits per heavy atom. The number of hydrogen-bond donors (Lipinski definition) is 0. The van der Waals surface area contributed by atoms with Gasteiger partial charge in [0.1, 0.15) is 10.6 Å². The lowest BCUT2D eigenvalue weighted by atomic mass is 10.3. The van der Waals surface area contributed by atoms with Crippen LogP contribution in [0.25, 0.3) is 0 Å². The number of rotatable bonds is 4. The third kappa shape index (κ3) is 3.86. The zero-order valence-corrected chi connectivity index (χ0v) is 15.4. The van der Waals surface area contributed by atoms with E-state index < -0.39 is 10.0 Å². The number of amides is 1. The van der Waals surface area contributed by atoms with Gasteiger partial charge >= 0.3 is 0 Å². The van der Waals surface area contributed by atoms with E-state index in [9.17, 15) is 13.2 Å². The van der Waals surface area contributed by atoms with Crippen molar-refractivity contribution in [2.75, 3.05) is 59.0 Å². The number of carbonyl (C=O) groups excluding carboxylic acids is 1. The molecule has 3 rings (SSSR count). The fraction of sp³-hybridized carbons (Fsp3) is 0.733. The van der Waals surface area contributed by atoms with Gasteiger partial charge in [-0.15, -0.1) is 0 Å². The Hall–Kier alpha value is -1.49. The maximum Gasteiger partial charge on any atom is 0.248 e. The highest BCUT2D eigenvalue weighted by molar-refractivity contribution is 7.89. The fourth-order valence-corrected chi connectivity index (χ4v) is 4.91. The standard InChI is InChI=1S/C15H24N4O5S/c1-12-15(13(2)24-16-12)25(21,22)19-5-3-18(4-6-19)14(20)11-17-7-9-23-10-8-17/h3-11H2,1-2H3. The number of sulfonamides is 1. The normalized spacial score (nSPS) is 20.8. The summed E-state index contributed by atoms with van der Waals surface area (Å²) in [5, 5.41) is 3.72. The number of aryl methyl sites for hydroxylation is 2. The molecular formula is C15H24N4O5S. The lowest BCUT2D eigenvalue weighted by molar-refractivity contribution is -0.134. The molecule has 0 bridgehead atoms. The topological polar surface area (TPSA) is 96.2 Å². The number of carbonyl (C=O) groups is 1. The number of ether oxygens (including phenoxy) is 1. The van der Waals surface area contributed by atoms with Crippen molar-refractivity contribution < 1.29 is 22.5 Å². The zero-order valence-electron chi connectivity index (χ0n) is 14.6. The van der Waals surface area contributed by atoms with Crippen LogP contribution < -0.4 is 0 Å². The summed E-state index contributed by atoms with van der Waals surface area (Å²) in [5.74, 6) is 0.333. The fourth-order valence-electron chi connectivity index (χ4n) is 3.20. The van der Waals surface area contributed by atoms with Gasteiger partial charge in [-0.1, -0.05) is 5.16 Å². The first-order chi connectivity index (χ1) is 11.9. The van der Waals surface area contributed by atoms with Crippen LogP contribution in [0.5, 0.6) is 0 Å². The monoisotopic (exact) mass is 372 g/mol. The largest absolute Gasteiger partial charge is 0.379 e. The number of hydrogen-bond acceptors (Lipinski definition) is 7. The van der Waals surface area contributed by atoms with Crippen LogP contribution in [0.3, 0.4) is 0 Å². The Morgan fingerprint density at radius 2 is 1.72 bits per heavy atom. The molecule has 0 radical (unpaired) electrons. The smallest absolute Gasteiger partial charge is 0.248 e. The average Bonchev–Trinajstić information content (AvgIpc) is 2.95. The lowest BCUT2D eigenvalue weighted by Crippen LogP contribution is -2.53. The van der Waals surface area contributed by atoms with E-state index in [0.717, 1.165) is 13.1 Å². The summed E-state index contributed by atoms with van der Waals surface area (Å²) in [6, 6.07) is 0. The predicted octanol–water partition coefficient (Wildman–Crippen LogP) is -0.543. The minimum absolute atomic E-state index is 0.0382. The van der Waals surface area contributed by atoms with Gasteiger partial charge < -0.3 is 14.2 Å². The van der Waals surface area contributed by atoms with Crippen LogP contribution in [0, 0.1) is 13.8 Å². The Labute approximate surface area is 147 Å². The molecule has 0 unspecified atom stereocenters. The van der Waals surface area contributed by atoms with Gasteiger partial charge in [0.15, 0.2) is 5.76 Å². The van der Waals surface area contributed by atoms with Crippen LogP contribution in [0.4, 0.5) is 0 Å². The van der Waals surface area contributed by atoms with Crippen LogP contribution in [-0.4, -0.2) is 92.6 Å². The van der Waals surface area contributed by atoms with Gasteiger partial charge in [-0.05, 0) is 13.8 Å². The average molecular weight is 372 g/mol. The van der Waals surface area contributed by atoms with Crippen molar-refractivity contribution >= 4 is 15.9 Å².